The molecular formula is C26H28FN3O4. The number of hydrogen-bond acceptors (Lipinski definition) is 6. The Bertz CT molecular complexity index is 1170. The number of nitrogens with zero attached hydrogens (tertiary/aromatic N) is 2. The fraction of sp³-hybridized carbons (Fsp3) is 0.308. The highest BCUT2D eigenvalue weighted by molar-refractivity contribution is 5.98. The van der Waals surface area contributed by atoms with Crippen LogP contribution in [0, 0.1) is 5.82 Å². The number of aliphatic hydroxyl groups excluding tert-OH is 1. The highest BCUT2D eigenvalue weighted by Crippen LogP contribution is 2.36. The van der Waals surface area contributed by atoms with E-state index in [4.69, 9.17) is 9.47 Å². The van der Waals surface area contributed by atoms with Crippen LogP contribution in [0.3, 0.4) is 0 Å². The number of rotatable bonds is 9. The molecule has 0 spiro atoms. The maximum atomic E-state index is 14.1. The van der Waals surface area contributed by atoms with Crippen LogP contribution in [0.15, 0.2) is 54.7 Å². The van der Waals surface area contributed by atoms with Crippen molar-refractivity contribution >= 4 is 17.4 Å². The lowest BCUT2D eigenvalue weighted by atomic mass is 10.0. The Labute approximate surface area is 198 Å². The first kappa shape index (κ1) is 23.7. The maximum absolute atomic E-state index is 14.1. The van der Waals surface area contributed by atoms with Crippen molar-refractivity contribution in [3.63, 3.8) is 0 Å². The van der Waals surface area contributed by atoms with E-state index in [2.05, 4.69) is 15.2 Å². The summed E-state index contributed by atoms with van der Waals surface area (Å²) in [6.07, 6.45) is 2.25. The van der Waals surface area contributed by atoms with Gasteiger partial charge in [0, 0.05) is 37.6 Å². The second-order valence-electron chi connectivity index (χ2n) is 8.19. The van der Waals surface area contributed by atoms with Gasteiger partial charge < -0.3 is 24.8 Å². The lowest BCUT2D eigenvalue weighted by molar-refractivity contribution is 0.0609. The molecule has 0 saturated heterocycles. The van der Waals surface area contributed by atoms with E-state index >= 15 is 0 Å². The quantitative estimate of drug-likeness (QED) is 0.505. The van der Waals surface area contributed by atoms with Crippen LogP contribution in [0.4, 0.5) is 15.9 Å². The first-order valence-corrected chi connectivity index (χ1v) is 11.1. The molecule has 8 heteroatoms. The standard InChI is InChI=1S/C26H28FN3O4/c1-33-16-19(31)15-29-26(32)21-4-3-5-23-20(21)9-11-30(23)25-14-18(8-10-28-25)12-17-6-7-24(34-2)22(27)13-17/h3-8,10,13-14,19,31H,9,11-12,15-16H2,1-2H3,(H,29,32)/t19-/m0/s1. The summed E-state index contributed by atoms with van der Waals surface area (Å²) in [4.78, 5) is 19.4. The molecule has 0 aliphatic carbocycles. The van der Waals surface area contributed by atoms with Gasteiger partial charge in [-0.05, 0) is 65.9 Å². The van der Waals surface area contributed by atoms with Gasteiger partial charge in [-0.2, -0.15) is 0 Å². The lowest BCUT2D eigenvalue weighted by Crippen LogP contribution is -2.34. The van der Waals surface area contributed by atoms with Gasteiger partial charge in [-0.25, -0.2) is 9.37 Å². The lowest BCUT2D eigenvalue weighted by Gasteiger charge is -2.19. The van der Waals surface area contributed by atoms with Crippen LogP contribution in [0.5, 0.6) is 5.75 Å². The zero-order valence-corrected chi connectivity index (χ0v) is 19.3. The van der Waals surface area contributed by atoms with E-state index in [0.717, 1.165) is 28.2 Å². The fourth-order valence-electron chi connectivity index (χ4n) is 4.22. The van der Waals surface area contributed by atoms with Crippen molar-refractivity contribution in [2.75, 3.05) is 38.8 Å². The minimum Gasteiger partial charge on any atom is -0.494 e. The first-order valence-electron chi connectivity index (χ1n) is 11.1. The Morgan fingerprint density at radius 1 is 1.21 bits per heavy atom. The van der Waals surface area contributed by atoms with E-state index in [1.807, 2.05) is 30.3 Å². The second-order valence-corrected chi connectivity index (χ2v) is 8.19. The van der Waals surface area contributed by atoms with Crippen LogP contribution in [0.2, 0.25) is 0 Å². The van der Waals surface area contributed by atoms with Crippen molar-refractivity contribution in [1.82, 2.24) is 10.3 Å². The molecule has 0 bridgehead atoms. The van der Waals surface area contributed by atoms with Crippen molar-refractivity contribution < 1.29 is 23.8 Å². The van der Waals surface area contributed by atoms with E-state index in [-0.39, 0.29) is 30.6 Å². The molecule has 3 aromatic rings. The molecule has 2 aromatic carbocycles. The number of anilines is 2. The largest absolute Gasteiger partial charge is 0.494 e. The maximum Gasteiger partial charge on any atom is 0.251 e. The normalized spacial score (nSPS) is 13.5. The van der Waals surface area contributed by atoms with Gasteiger partial charge in [-0.15, -0.1) is 0 Å². The summed E-state index contributed by atoms with van der Waals surface area (Å²) < 4.78 is 24.0. The summed E-state index contributed by atoms with van der Waals surface area (Å²) >= 11 is 0. The average molecular weight is 466 g/mol. The van der Waals surface area contributed by atoms with Crippen LogP contribution in [0.25, 0.3) is 0 Å². The van der Waals surface area contributed by atoms with E-state index < -0.39 is 6.10 Å². The molecule has 2 N–H and O–H groups in total. The molecule has 1 aliphatic heterocycles. The third kappa shape index (κ3) is 5.18. The Morgan fingerprint density at radius 2 is 2.03 bits per heavy atom. The van der Waals surface area contributed by atoms with Crippen LogP contribution in [-0.2, 0) is 17.6 Å². The third-order valence-corrected chi connectivity index (χ3v) is 5.84. The van der Waals surface area contributed by atoms with Gasteiger partial charge in [-0.3, -0.25) is 4.79 Å². The molecule has 0 saturated carbocycles. The van der Waals surface area contributed by atoms with E-state index in [9.17, 15) is 14.3 Å². The second kappa shape index (κ2) is 10.6. The minimum atomic E-state index is -0.756. The van der Waals surface area contributed by atoms with E-state index in [1.165, 1.54) is 20.3 Å². The molecule has 34 heavy (non-hydrogen) atoms. The molecule has 2 heterocycles. The molecule has 1 atom stereocenters. The summed E-state index contributed by atoms with van der Waals surface area (Å²) in [7, 11) is 2.95. The molecule has 1 aromatic heterocycles. The minimum absolute atomic E-state index is 0.121. The zero-order valence-electron chi connectivity index (χ0n) is 19.3. The molecule has 0 unspecified atom stereocenters. The topological polar surface area (TPSA) is 83.9 Å². The fourth-order valence-corrected chi connectivity index (χ4v) is 4.22. The number of aliphatic hydroxyl groups is 1. The molecule has 1 aliphatic rings. The number of carbonyl (C=O) groups excluding carboxylic acids is 1. The van der Waals surface area contributed by atoms with E-state index in [0.29, 0.717) is 24.9 Å². The average Bonchev–Trinajstić information content (AvgIpc) is 3.27. The molecular weight excluding hydrogens is 437 g/mol. The van der Waals surface area contributed by atoms with Crippen molar-refractivity contribution in [3.8, 4) is 5.75 Å². The Kier molecular flexibility index (Phi) is 7.40. The molecule has 0 fully saturated rings. The van der Waals surface area contributed by atoms with Gasteiger partial charge in [0.2, 0.25) is 0 Å². The molecule has 0 radical (unpaired) electrons. The Balaban J connectivity index is 1.52. The van der Waals surface area contributed by atoms with Crippen LogP contribution >= 0.6 is 0 Å². The zero-order chi connectivity index (χ0) is 24.1. The number of ether oxygens (including phenoxy) is 2. The summed E-state index contributed by atoms with van der Waals surface area (Å²) in [5.41, 5.74) is 4.32. The number of carbonyl (C=O) groups is 1. The third-order valence-electron chi connectivity index (χ3n) is 5.84. The molecule has 7 nitrogen and oxygen atoms in total. The summed E-state index contributed by atoms with van der Waals surface area (Å²) in [5.74, 6) is 0.389. The number of hydrogen-bond donors (Lipinski definition) is 2. The highest BCUT2D eigenvalue weighted by atomic mass is 19.1. The van der Waals surface area contributed by atoms with Crippen LogP contribution in [-0.4, -0.2) is 56.0 Å². The predicted octanol–water partition coefficient (Wildman–Crippen LogP) is 3.25. The van der Waals surface area contributed by atoms with Crippen LogP contribution in [0.1, 0.15) is 27.0 Å². The van der Waals surface area contributed by atoms with Crippen molar-refractivity contribution in [1.29, 1.82) is 0 Å². The van der Waals surface area contributed by atoms with Crippen molar-refractivity contribution in [2.24, 2.45) is 0 Å². The molecule has 178 valence electrons. The van der Waals surface area contributed by atoms with Gasteiger partial charge in [0.1, 0.15) is 5.82 Å². The summed E-state index contributed by atoms with van der Waals surface area (Å²) in [6.45, 7) is 0.973. The molecule has 1 amide bonds. The summed E-state index contributed by atoms with van der Waals surface area (Å²) in [5, 5.41) is 12.6. The Hall–Kier alpha value is -3.49. The first-order chi connectivity index (χ1) is 16.5. The number of methoxy groups -OCH3 is 2. The number of aromatic nitrogens is 1. The van der Waals surface area contributed by atoms with Gasteiger partial charge in [0.15, 0.2) is 11.6 Å². The monoisotopic (exact) mass is 465 g/mol. The number of halogens is 1. The predicted molar refractivity (Wildman–Crippen MR) is 127 cm³/mol. The number of amides is 1. The SMILES string of the molecule is COC[C@@H](O)CNC(=O)c1cccc2c1CCN2c1cc(Cc2ccc(OC)c(F)c2)ccn1. The van der Waals surface area contributed by atoms with Gasteiger partial charge >= 0.3 is 0 Å². The van der Waals surface area contributed by atoms with Gasteiger partial charge in [0.05, 0.1) is 19.8 Å². The molecule has 4 rings (SSSR count). The summed E-state index contributed by atoms with van der Waals surface area (Å²) in [6, 6.07) is 14.5. The number of nitrogens with one attached hydrogen (secondary N) is 1. The van der Waals surface area contributed by atoms with Crippen molar-refractivity contribution in [2.45, 2.75) is 18.9 Å². The van der Waals surface area contributed by atoms with Crippen molar-refractivity contribution in [3.05, 3.63) is 82.8 Å². The van der Waals surface area contributed by atoms with E-state index in [1.54, 1.807) is 18.3 Å². The number of pyridine rings is 1. The van der Waals surface area contributed by atoms with Gasteiger partial charge in [0.25, 0.3) is 5.91 Å². The Morgan fingerprint density at radius 3 is 2.79 bits per heavy atom. The smallest absolute Gasteiger partial charge is 0.251 e. The van der Waals surface area contributed by atoms with Gasteiger partial charge in [-0.1, -0.05) is 12.1 Å². The van der Waals surface area contributed by atoms with Crippen LogP contribution < -0.4 is 15.0 Å². The number of fused-ring (bicyclic) bond motifs is 1. The highest BCUT2D eigenvalue weighted by Gasteiger charge is 2.26. The number of benzene rings is 2.